The standard InChI is InChI=1S/C82H115ClN18O14/c1-10-86-81(87-11-2)89-39-18-17-26-63(80(115)101-41-21-27-70(101)79(114)91-51(7)71(84)106)94-73(108)64(42-50(5)6)95-72(107)62(25-16-19-40-90-82(88-12-3)100(13-4)53(9)104)93-75(110)66(45-55-31-36-61(105)37-32-55)98-78(113)69(49-102)99-77(112)68(47-57-22-20-38-85-48-57)97-76(111)67(44-54-29-34-60(83)35-30-54)96-74(109)65(92-52(8)103)46-56-28-33-58-23-14-15-24-59(58)43-56/h14-15,20,22-24,28-38,43,48,50-51,62-70,102,105H,10-13,16-19,21,25-27,39-42,44-47,49H2,1-9H3,(H2,84,106)(H,88,90)(H,91,114)(H,92,103)(H,93,110)(H,94,108)(H,95,107)(H,96,109)(H,97,111)(H,98,113)(H,99,112)(H2,86,87,89)/t51-,62-,63+,64+,65-,66+,67-,68-,69+,70+/m1/s1. The van der Waals surface area contributed by atoms with Crippen LogP contribution in [0.2, 0.25) is 5.02 Å². The number of hydrogen-bond donors (Lipinski definition) is 15. The number of amides is 12. The van der Waals surface area contributed by atoms with E-state index in [-0.39, 0.29) is 88.5 Å². The van der Waals surface area contributed by atoms with Crippen LogP contribution in [0.25, 0.3) is 10.8 Å². The summed E-state index contributed by atoms with van der Waals surface area (Å²) in [6.45, 7) is 16.8. The van der Waals surface area contributed by atoms with Gasteiger partial charge in [-0.3, -0.25) is 77.4 Å². The Balaban J connectivity index is 1.31. The topological polar surface area (TPSA) is 460 Å². The molecule has 5 aromatic rings. The first-order chi connectivity index (χ1) is 55.0. The predicted molar refractivity (Wildman–Crippen MR) is 438 cm³/mol. The highest BCUT2D eigenvalue weighted by Crippen LogP contribution is 2.23. The molecule has 624 valence electrons. The molecule has 1 aliphatic heterocycles. The molecule has 4 aromatic carbocycles. The van der Waals surface area contributed by atoms with E-state index < -0.39 is 132 Å². The van der Waals surface area contributed by atoms with Crippen LogP contribution in [0.4, 0.5) is 0 Å². The number of phenolic OH excluding ortho intramolecular Hbond substituents is 1. The molecule has 1 saturated heterocycles. The zero-order valence-corrected chi connectivity index (χ0v) is 67.9. The molecule has 0 radical (unpaired) electrons. The van der Waals surface area contributed by atoms with Crippen molar-refractivity contribution in [2.75, 3.05) is 52.4 Å². The third-order valence-electron chi connectivity index (χ3n) is 19.1. The molecule has 1 aromatic heterocycles. The minimum Gasteiger partial charge on any atom is -0.508 e. The molecular formula is C82H115ClN18O14. The fourth-order valence-corrected chi connectivity index (χ4v) is 13.2. The Morgan fingerprint density at radius 2 is 1.03 bits per heavy atom. The minimum atomic E-state index is -1.84. The van der Waals surface area contributed by atoms with Crippen LogP contribution in [0.1, 0.15) is 142 Å². The van der Waals surface area contributed by atoms with Gasteiger partial charge in [0, 0.05) is 103 Å². The summed E-state index contributed by atoms with van der Waals surface area (Å²) < 4.78 is 0. The Labute approximate surface area is 677 Å². The number of rotatable bonds is 44. The van der Waals surface area contributed by atoms with Crippen molar-refractivity contribution in [3.63, 3.8) is 0 Å². The molecule has 10 atom stereocenters. The molecule has 0 saturated carbocycles. The van der Waals surface area contributed by atoms with E-state index in [1.807, 2.05) is 77.1 Å². The third-order valence-corrected chi connectivity index (χ3v) is 19.3. The van der Waals surface area contributed by atoms with E-state index in [1.165, 1.54) is 67.2 Å². The summed E-state index contributed by atoms with van der Waals surface area (Å²) in [5, 5.41) is 57.7. The lowest BCUT2D eigenvalue weighted by Gasteiger charge is -2.31. The van der Waals surface area contributed by atoms with Crippen molar-refractivity contribution in [1.82, 2.24) is 78.6 Å². The van der Waals surface area contributed by atoms with E-state index in [0.29, 0.717) is 97.6 Å². The summed E-state index contributed by atoms with van der Waals surface area (Å²) in [5.74, 6) is -8.46. The second kappa shape index (κ2) is 48.1. The van der Waals surface area contributed by atoms with E-state index in [0.717, 1.165) is 10.8 Å². The van der Waals surface area contributed by atoms with Gasteiger partial charge in [-0.15, -0.1) is 0 Å². The highest BCUT2D eigenvalue weighted by atomic mass is 35.5. The first-order valence-corrected chi connectivity index (χ1v) is 39.8. The summed E-state index contributed by atoms with van der Waals surface area (Å²) in [6.07, 6.45) is 4.33. The molecule has 12 amide bonds. The Hall–Kier alpha value is -11.3. The van der Waals surface area contributed by atoms with Gasteiger partial charge in [-0.05, 0) is 162 Å². The number of nitrogens with one attached hydrogen (secondary N) is 12. The molecule has 6 rings (SSSR count). The lowest BCUT2D eigenvalue weighted by atomic mass is 9.99. The smallest absolute Gasteiger partial charge is 0.245 e. The average Bonchev–Trinajstić information content (AvgIpc) is 1.82. The van der Waals surface area contributed by atoms with Crippen molar-refractivity contribution in [3.8, 4) is 5.75 Å². The van der Waals surface area contributed by atoms with Gasteiger partial charge in [0.25, 0.3) is 0 Å². The molecular weight excluding hydrogens is 1500 g/mol. The van der Waals surface area contributed by atoms with Gasteiger partial charge in [-0.1, -0.05) is 98.2 Å². The molecule has 32 nitrogen and oxygen atoms in total. The van der Waals surface area contributed by atoms with Gasteiger partial charge in [0.1, 0.15) is 66.2 Å². The lowest BCUT2D eigenvalue weighted by molar-refractivity contribution is -0.142. The van der Waals surface area contributed by atoms with Crippen molar-refractivity contribution in [2.24, 2.45) is 21.6 Å². The quantitative estimate of drug-likeness (QED) is 0.0151. The van der Waals surface area contributed by atoms with Crippen LogP contribution in [-0.4, -0.2) is 221 Å². The van der Waals surface area contributed by atoms with Gasteiger partial charge >= 0.3 is 0 Å². The molecule has 0 aliphatic carbocycles. The normalized spacial score (nSPS) is 14.9. The van der Waals surface area contributed by atoms with E-state index in [9.17, 15) is 53.4 Å². The highest BCUT2D eigenvalue weighted by Gasteiger charge is 2.40. The number of phenols is 1. The second-order valence-electron chi connectivity index (χ2n) is 28.7. The van der Waals surface area contributed by atoms with Crippen LogP contribution in [0, 0.1) is 5.92 Å². The Morgan fingerprint density at radius 1 is 0.548 bits per heavy atom. The number of fused-ring (bicyclic) bond motifs is 1. The summed E-state index contributed by atoms with van der Waals surface area (Å²) in [6, 6.07) is 14.9. The van der Waals surface area contributed by atoms with Crippen molar-refractivity contribution in [2.45, 2.75) is 206 Å². The number of halogens is 1. The molecule has 0 unspecified atom stereocenters. The van der Waals surface area contributed by atoms with Crippen LogP contribution >= 0.6 is 11.6 Å². The number of carbonyl (C=O) groups is 12. The fraction of sp³-hybridized carbons (Fsp3) is 0.500. The van der Waals surface area contributed by atoms with Crippen LogP contribution < -0.4 is 69.5 Å². The number of hydrogen-bond acceptors (Lipinski definition) is 17. The van der Waals surface area contributed by atoms with Gasteiger partial charge in [0.05, 0.1) is 6.61 Å². The molecule has 115 heavy (non-hydrogen) atoms. The first kappa shape index (κ1) is 92.6. The summed E-state index contributed by atoms with van der Waals surface area (Å²) in [5.41, 5.74) is 7.56. The number of unbranched alkanes of at least 4 members (excludes halogenated alkanes) is 2. The van der Waals surface area contributed by atoms with E-state index in [1.54, 1.807) is 43.3 Å². The van der Waals surface area contributed by atoms with Crippen molar-refractivity contribution in [3.05, 3.63) is 143 Å². The van der Waals surface area contributed by atoms with E-state index >= 15 is 14.4 Å². The second-order valence-corrected chi connectivity index (χ2v) is 29.2. The zero-order chi connectivity index (χ0) is 84.1. The van der Waals surface area contributed by atoms with Crippen molar-refractivity contribution < 1.29 is 67.7 Å². The maximum atomic E-state index is 15.3. The number of guanidine groups is 2. The highest BCUT2D eigenvalue weighted by molar-refractivity contribution is 6.30. The van der Waals surface area contributed by atoms with Gasteiger partial charge in [-0.25, -0.2) is 0 Å². The van der Waals surface area contributed by atoms with E-state index in [2.05, 4.69) is 78.8 Å². The Kier molecular flexibility index (Phi) is 38.7. The van der Waals surface area contributed by atoms with E-state index in [4.69, 9.17) is 17.3 Å². The minimum absolute atomic E-state index is 0.0199. The van der Waals surface area contributed by atoms with Gasteiger partial charge in [0.2, 0.25) is 76.8 Å². The van der Waals surface area contributed by atoms with Gasteiger partial charge in [-0.2, -0.15) is 0 Å². The van der Waals surface area contributed by atoms with Gasteiger partial charge < -0.3 is 84.6 Å². The number of benzene rings is 4. The number of aromatic nitrogens is 1. The number of nitrogens with zero attached hydrogens (tertiary/aromatic N) is 5. The van der Waals surface area contributed by atoms with Crippen LogP contribution in [0.15, 0.2) is 126 Å². The maximum absolute atomic E-state index is 15.3. The molecule has 16 N–H and O–H groups in total. The predicted octanol–water partition coefficient (Wildman–Crippen LogP) is 2.53. The SMILES string of the molecule is CCNC(=NCCCC[C@H](NC(=O)[C@H](CC(C)C)NC(=O)[C@@H](CCCCN=C(NCC)N(CC)C(C)=O)NC(=O)[C@H](Cc1ccc(O)cc1)NC(=O)[C@H](CO)NC(=O)[C@@H](Cc1cccnc1)NC(=O)[C@@H](Cc1ccc(Cl)cc1)NC(=O)[C@@H](Cc1ccc2ccccc2c1)NC(C)=O)C(=O)N1CCC[C@H]1C(=O)N[C@H](C)C(N)=O)NCC. The summed E-state index contributed by atoms with van der Waals surface area (Å²) in [7, 11) is 0. The van der Waals surface area contributed by atoms with Gasteiger partial charge in [0.15, 0.2) is 5.96 Å². The molecule has 2 heterocycles. The van der Waals surface area contributed by atoms with Crippen molar-refractivity contribution >= 4 is 105 Å². The number of likely N-dealkylation sites (tertiary alicyclic amines) is 1. The molecule has 1 aliphatic rings. The molecule has 0 spiro atoms. The number of pyridine rings is 1. The third kappa shape index (κ3) is 30.9. The molecule has 33 heteroatoms. The number of aliphatic imine (C=N–C) groups is 2. The van der Waals surface area contributed by atoms with Crippen LogP contribution in [0.5, 0.6) is 5.75 Å². The zero-order valence-electron chi connectivity index (χ0n) is 67.2. The Bertz CT molecular complexity index is 4130. The summed E-state index contributed by atoms with van der Waals surface area (Å²) in [4.78, 5) is 187. The number of carbonyl (C=O) groups excluding carboxylic acids is 12. The Morgan fingerprint density at radius 3 is 1.57 bits per heavy atom. The number of primary amides is 1. The number of nitrogens with two attached hydrogens (primary N) is 1. The molecule has 0 bridgehead atoms. The summed E-state index contributed by atoms with van der Waals surface area (Å²) >= 11 is 6.27. The number of aliphatic hydroxyl groups excluding tert-OH is 1. The average molecular weight is 1610 g/mol. The lowest BCUT2D eigenvalue weighted by Crippen LogP contribution is -2.61. The first-order valence-electron chi connectivity index (χ1n) is 39.4. The fourth-order valence-electron chi connectivity index (χ4n) is 13.1. The molecule has 1 fully saturated rings. The number of aromatic hydroxyl groups is 1. The van der Waals surface area contributed by atoms with Crippen LogP contribution in [0.3, 0.4) is 0 Å². The maximum Gasteiger partial charge on any atom is 0.245 e. The van der Waals surface area contributed by atoms with Crippen LogP contribution in [-0.2, 0) is 83.2 Å². The largest absolute Gasteiger partial charge is 0.508 e. The van der Waals surface area contributed by atoms with Crippen molar-refractivity contribution in [1.29, 1.82) is 0 Å². The number of aliphatic hydroxyl groups is 1. The monoisotopic (exact) mass is 1610 g/mol.